The predicted molar refractivity (Wildman–Crippen MR) is 149 cm³/mol. The number of rotatable bonds is 7. The van der Waals surface area contributed by atoms with Gasteiger partial charge in [-0.3, -0.25) is 20.1 Å². The van der Waals surface area contributed by atoms with E-state index in [4.69, 9.17) is 5.73 Å². The van der Waals surface area contributed by atoms with Crippen molar-refractivity contribution >= 4 is 32.8 Å². The number of likely N-dealkylation sites (N-methyl/N-ethyl adjacent to an activating group) is 1. The summed E-state index contributed by atoms with van der Waals surface area (Å²) in [5, 5.41) is 2.84. The Morgan fingerprint density at radius 2 is 1.81 bits per heavy atom. The molecule has 1 saturated heterocycles. The zero-order valence-corrected chi connectivity index (χ0v) is 21.5. The van der Waals surface area contributed by atoms with Crippen LogP contribution in [0, 0.1) is 0 Å². The molecule has 9 nitrogen and oxygen atoms in total. The van der Waals surface area contributed by atoms with Crippen LogP contribution in [0.3, 0.4) is 0 Å². The molecule has 0 radical (unpaired) electrons. The van der Waals surface area contributed by atoms with Crippen LogP contribution < -0.4 is 20.8 Å². The minimum atomic E-state index is -3.63. The molecule has 1 aromatic heterocycles. The SMILES string of the molecule is C=CS(=O)(=O)Nc1cccc(C2c3ccncc3C(N)=CN2Nc2ccc(N3CCN(C)CC3)cc2)c1. The molecule has 2 aliphatic rings. The molecule has 0 spiro atoms. The minimum Gasteiger partial charge on any atom is -0.397 e. The number of anilines is 3. The highest BCUT2D eigenvalue weighted by Crippen LogP contribution is 2.38. The van der Waals surface area contributed by atoms with E-state index < -0.39 is 10.0 Å². The Bertz CT molecular complexity index is 1410. The lowest BCUT2D eigenvalue weighted by molar-refractivity contribution is 0.313. The van der Waals surface area contributed by atoms with Gasteiger partial charge in [0.05, 0.1) is 11.4 Å². The third-order valence-electron chi connectivity index (χ3n) is 6.69. The van der Waals surface area contributed by atoms with Crippen LogP contribution in [0.25, 0.3) is 5.70 Å². The van der Waals surface area contributed by atoms with Crippen molar-refractivity contribution in [2.24, 2.45) is 5.73 Å². The molecule has 10 heteroatoms. The van der Waals surface area contributed by atoms with Crippen LogP contribution in [0.15, 0.2) is 85.2 Å². The maximum Gasteiger partial charge on any atom is 0.254 e. The highest BCUT2D eigenvalue weighted by atomic mass is 32.2. The molecule has 1 atom stereocenters. The fraction of sp³-hybridized carbons (Fsp3) is 0.222. The molecule has 0 amide bonds. The molecule has 2 aliphatic heterocycles. The van der Waals surface area contributed by atoms with Crippen molar-refractivity contribution in [1.29, 1.82) is 0 Å². The molecule has 1 fully saturated rings. The highest BCUT2D eigenvalue weighted by molar-refractivity contribution is 7.95. The highest BCUT2D eigenvalue weighted by Gasteiger charge is 2.29. The van der Waals surface area contributed by atoms with E-state index in [9.17, 15) is 8.42 Å². The smallest absolute Gasteiger partial charge is 0.254 e. The standard InChI is InChI=1S/C27H31N7O2S/c1-3-37(35,36)31-22-6-4-5-20(17-22)27-24-11-12-29-18-25(24)26(28)19-34(27)30-21-7-9-23(10-8-21)33-15-13-32(2)14-16-33/h3-12,17-19,27,30-31H,1,13-16,28H2,2H3. The minimum absolute atomic E-state index is 0.282. The number of nitrogens with two attached hydrogens (primary N) is 1. The predicted octanol–water partition coefficient (Wildman–Crippen LogP) is 3.41. The molecule has 1 unspecified atom stereocenters. The van der Waals surface area contributed by atoms with Crippen molar-refractivity contribution in [1.82, 2.24) is 14.9 Å². The lowest BCUT2D eigenvalue weighted by Gasteiger charge is -2.37. The third kappa shape index (κ3) is 5.40. The van der Waals surface area contributed by atoms with Gasteiger partial charge in [-0.25, -0.2) is 8.42 Å². The second-order valence-electron chi connectivity index (χ2n) is 9.25. The zero-order valence-electron chi connectivity index (χ0n) is 20.7. The maximum absolute atomic E-state index is 12.1. The summed E-state index contributed by atoms with van der Waals surface area (Å²) in [4.78, 5) is 8.98. The lowest BCUT2D eigenvalue weighted by atomic mass is 9.91. The van der Waals surface area contributed by atoms with E-state index in [-0.39, 0.29) is 6.04 Å². The number of hydrogen-bond donors (Lipinski definition) is 3. The fourth-order valence-electron chi connectivity index (χ4n) is 4.70. The first-order chi connectivity index (χ1) is 17.8. The van der Waals surface area contributed by atoms with Crippen LogP contribution >= 0.6 is 0 Å². The van der Waals surface area contributed by atoms with E-state index in [1.807, 2.05) is 35.5 Å². The van der Waals surface area contributed by atoms with Crippen LogP contribution in [0.5, 0.6) is 0 Å². The average molecular weight is 518 g/mol. The normalized spacial score (nSPS) is 18.1. The average Bonchev–Trinajstić information content (AvgIpc) is 2.90. The van der Waals surface area contributed by atoms with Gasteiger partial charge in [-0.15, -0.1) is 0 Å². The summed E-state index contributed by atoms with van der Waals surface area (Å²) in [6, 6.07) is 17.3. The Morgan fingerprint density at radius 1 is 1.05 bits per heavy atom. The number of nitrogens with one attached hydrogen (secondary N) is 2. The van der Waals surface area contributed by atoms with Gasteiger partial charge in [-0.05, 0) is 60.6 Å². The van der Waals surface area contributed by atoms with Gasteiger partial charge in [0.15, 0.2) is 0 Å². The van der Waals surface area contributed by atoms with Gasteiger partial charge < -0.3 is 15.5 Å². The monoisotopic (exact) mass is 517 g/mol. The van der Waals surface area contributed by atoms with Gasteiger partial charge in [0.1, 0.15) is 6.04 Å². The lowest BCUT2D eigenvalue weighted by Crippen LogP contribution is -2.44. The molecular formula is C27H31N7O2S. The number of hydrazine groups is 1. The number of benzene rings is 2. The number of nitrogens with zero attached hydrogens (tertiary/aromatic N) is 4. The van der Waals surface area contributed by atoms with Crippen LogP contribution in [0.1, 0.15) is 22.7 Å². The van der Waals surface area contributed by atoms with E-state index in [1.165, 1.54) is 5.69 Å². The summed E-state index contributed by atoms with van der Waals surface area (Å²) in [5.74, 6) is 0. The number of fused-ring (bicyclic) bond motifs is 1. The Labute approximate surface area is 217 Å². The number of hydrogen-bond acceptors (Lipinski definition) is 8. The van der Waals surface area contributed by atoms with Gasteiger partial charge in [0.2, 0.25) is 0 Å². The van der Waals surface area contributed by atoms with Crippen LogP contribution in [0.4, 0.5) is 17.1 Å². The number of piperazine rings is 1. The first-order valence-electron chi connectivity index (χ1n) is 12.1. The van der Waals surface area contributed by atoms with Gasteiger partial charge in [0, 0.05) is 67.1 Å². The quantitative estimate of drug-likeness (QED) is 0.438. The molecule has 3 aromatic rings. The van der Waals surface area contributed by atoms with Gasteiger partial charge >= 0.3 is 0 Å². The van der Waals surface area contributed by atoms with Crippen LogP contribution in [-0.4, -0.2) is 56.5 Å². The van der Waals surface area contributed by atoms with E-state index >= 15 is 0 Å². The molecule has 3 heterocycles. The topological polar surface area (TPSA) is 107 Å². The van der Waals surface area contributed by atoms with Gasteiger partial charge in [0.25, 0.3) is 10.0 Å². The number of pyridine rings is 1. The van der Waals surface area contributed by atoms with E-state index in [1.54, 1.807) is 18.5 Å². The van der Waals surface area contributed by atoms with Crippen molar-refractivity contribution < 1.29 is 8.42 Å². The van der Waals surface area contributed by atoms with Crippen molar-refractivity contribution in [3.8, 4) is 0 Å². The third-order valence-corrected chi connectivity index (χ3v) is 7.65. The Hall–Kier alpha value is -4.02. The Balaban J connectivity index is 1.45. The first-order valence-corrected chi connectivity index (χ1v) is 13.6. The van der Waals surface area contributed by atoms with Crippen molar-refractivity contribution in [2.45, 2.75) is 6.04 Å². The molecule has 37 heavy (non-hydrogen) atoms. The second kappa shape index (κ2) is 10.2. The largest absolute Gasteiger partial charge is 0.397 e. The van der Waals surface area contributed by atoms with Crippen molar-refractivity contribution in [2.75, 3.05) is 48.3 Å². The first kappa shape index (κ1) is 24.7. The summed E-state index contributed by atoms with van der Waals surface area (Å²) in [6.45, 7) is 7.49. The van der Waals surface area contributed by atoms with Crippen LogP contribution in [0.2, 0.25) is 0 Å². The molecule has 0 bridgehead atoms. The molecule has 2 aromatic carbocycles. The molecule has 192 valence electrons. The van der Waals surface area contributed by atoms with E-state index in [0.29, 0.717) is 11.4 Å². The van der Waals surface area contributed by atoms with Crippen LogP contribution in [-0.2, 0) is 10.0 Å². The second-order valence-corrected chi connectivity index (χ2v) is 10.9. The summed E-state index contributed by atoms with van der Waals surface area (Å²) >= 11 is 0. The molecular weight excluding hydrogens is 486 g/mol. The Kier molecular flexibility index (Phi) is 6.77. The maximum atomic E-state index is 12.1. The molecule has 0 saturated carbocycles. The van der Waals surface area contributed by atoms with Crippen molar-refractivity contribution in [3.63, 3.8) is 0 Å². The zero-order chi connectivity index (χ0) is 26.0. The molecule has 5 rings (SSSR count). The fourth-order valence-corrected chi connectivity index (χ4v) is 5.24. The van der Waals surface area contributed by atoms with Gasteiger partial charge in [-0.2, -0.15) is 0 Å². The number of sulfonamides is 1. The number of aromatic nitrogens is 1. The van der Waals surface area contributed by atoms with E-state index in [2.05, 4.69) is 62.8 Å². The summed E-state index contributed by atoms with van der Waals surface area (Å²) in [6.07, 6.45) is 5.34. The summed E-state index contributed by atoms with van der Waals surface area (Å²) in [7, 11) is -1.48. The van der Waals surface area contributed by atoms with E-state index in [0.717, 1.165) is 54.0 Å². The molecule has 4 N–H and O–H groups in total. The Morgan fingerprint density at radius 3 is 2.54 bits per heavy atom. The molecule has 0 aliphatic carbocycles. The summed E-state index contributed by atoms with van der Waals surface area (Å²) in [5.41, 5.74) is 15.7. The summed E-state index contributed by atoms with van der Waals surface area (Å²) < 4.78 is 26.7. The van der Waals surface area contributed by atoms with Crippen molar-refractivity contribution in [3.05, 3.63) is 102 Å². The van der Waals surface area contributed by atoms with Gasteiger partial charge in [-0.1, -0.05) is 18.7 Å².